The van der Waals surface area contributed by atoms with Gasteiger partial charge < -0.3 is 19.9 Å². The molecule has 3 aromatic rings. The van der Waals surface area contributed by atoms with Gasteiger partial charge in [-0.25, -0.2) is 0 Å². The number of halogens is 1. The Morgan fingerprint density at radius 3 is 2.54 bits per heavy atom. The maximum absolute atomic E-state index is 12.7. The molecule has 0 radical (unpaired) electrons. The van der Waals surface area contributed by atoms with Crippen LogP contribution in [0.15, 0.2) is 78.9 Å². The second kappa shape index (κ2) is 12.3. The highest BCUT2D eigenvalue weighted by Gasteiger charge is 2.16. The lowest BCUT2D eigenvalue weighted by atomic mass is 10.0. The van der Waals surface area contributed by atoms with Gasteiger partial charge >= 0.3 is 0 Å². The lowest BCUT2D eigenvalue weighted by Crippen LogP contribution is -2.13. The first-order valence-corrected chi connectivity index (χ1v) is 11.3. The van der Waals surface area contributed by atoms with Gasteiger partial charge in [-0.15, -0.1) is 6.58 Å². The van der Waals surface area contributed by atoms with Gasteiger partial charge in [0, 0.05) is 21.8 Å². The molecule has 2 N–H and O–H groups in total. The minimum absolute atomic E-state index is 0.0779. The number of nitriles is 1. The largest absolute Gasteiger partial charge is 0.508 e. The SMILES string of the molecule is C=CCc1cc(/C=C(\C#N)C(=O)Nc2ccc(O)cc2)cc(OCC)c1OCc1ccccc1Cl. The van der Waals surface area contributed by atoms with Crippen LogP contribution in [-0.2, 0) is 17.8 Å². The Balaban J connectivity index is 1.93. The minimum Gasteiger partial charge on any atom is -0.508 e. The number of amides is 1. The lowest BCUT2D eigenvalue weighted by molar-refractivity contribution is -0.112. The van der Waals surface area contributed by atoms with Crippen LogP contribution in [-0.4, -0.2) is 17.6 Å². The number of benzene rings is 3. The second-order valence-electron chi connectivity index (χ2n) is 7.48. The fourth-order valence-electron chi connectivity index (χ4n) is 3.32. The number of rotatable bonds is 10. The van der Waals surface area contributed by atoms with Gasteiger partial charge in [-0.05, 0) is 67.4 Å². The summed E-state index contributed by atoms with van der Waals surface area (Å²) in [4.78, 5) is 12.7. The number of anilines is 1. The molecule has 0 heterocycles. The number of allylic oxidation sites excluding steroid dienone is 1. The fraction of sp³-hybridized carbons (Fsp3) is 0.143. The van der Waals surface area contributed by atoms with Crippen LogP contribution in [0.5, 0.6) is 17.2 Å². The molecule has 0 bridgehead atoms. The van der Waals surface area contributed by atoms with Crippen molar-refractivity contribution in [3.8, 4) is 23.3 Å². The summed E-state index contributed by atoms with van der Waals surface area (Å²) >= 11 is 6.27. The molecular weight excluding hydrogens is 464 g/mol. The Labute approximate surface area is 209 Å². The van der Waals surface area contributed by atoms with Crippen LogP contribution in [0.2, 0.25) is 5.02 Å². The highest BCUT2D eigenvalue weighted by atomic mass is 35.5. The Kier molecular flexibility index (Phi) is 8.94. The van der Waals surface area contributed by atoms with Gasteiger partial charge in [0.15, 0.2) is 11.5 Å². The third-order valence-electron chi connectivity index (χ3n) is 4.95. The van der Waals surface area contributed by atoms with E-state index in [1.165, 1.54) is 18.2 Å². The van der Waals surface area contributed by atoms with Gasteiger partial charge in [0.25, 0.3) is 5.91 Å². The average Bonchev–Trinajstić information content (AvgIpc) is 2.84. The molecule has 3 aromatic carbocycles. The lowest BCUT2D eigenvalue weighted by Gasteiger charge is -2.17. The van der Waals surface area contributed by atoms with Gasteiger partial charge in [0.05, 0.1) is 6.61 Å². The van der Waals surface area contributed by atoms with Crippen LogP contribution in [0.4, 0.5) is 5.69 Å². The van der Waals surface area contributed by atoms with E-state index < -0.39 is 5.91 Å². The summed E-state index contributed by atoms with van der Waals surface area (Å²) in [7, 11) is 0. The predicted octanol–water partition coefficient (Wildman–Crippen LogP) is 6.30. The molecule has 0 aliphatic heterocycles. The predicted molar refractivity (Wildman–Crippen MR) is 138 cm³/mol. The Hall–Kier alpha value is -4.21. The Bertz CT molecular complexity index is 1280. The van der Waals surface area contributed by atoms with Crippen LogP contribution in [0.25, 0.3) is 6.08 Å². The number of ether oxygens (including phenoxy) is 2. The number of nitrogens with one attached hydrogen (secondary N) is 1. The summed E-state index contributed by atoms with van der Waals surface area (Å²) in [5, 5.41) is 22.3. The molecule has 0 atom stereocenters. The van der Waals surface area contributed by atoms with Crippen molar-refractivity contribution in [1.29, 1.82) is 5.26 Å². The van der Waals surface area contributed by atoms with Crippen LogP contribution in [0, 0.1) is 11.3 Å². The molecule has 0 aromatic heterocycles. The topological polar surface area (TPSA) is 91.6 Å². The number of nitrogens with zero attached hydrogens (tertiary/aromatic N) is 1. The Morgan fingerprint density at radius 1 is 1.14 bits per heavy atom. The first-order valence-electron chi connectivity index (χ1n) is 10.9. The highest BCUT2D eigenvalue weighted by Crippen LogP contribution is 2.36. The summed E-state index contributed by atoms with van der Waals surface area (Å²) in [6.07, 6.45) is 3.72. The summed E-state index contributed by atoms with van der Waals surface area (Å²) < 4.78 is 12.0. The second-order valence-corrected chi connectivity index (χ2v) is 7.89. The van der Waals surface area contributed by atoms with E-state index in [4.69, 9.17) is 21.1 Å². The van der Waals surface area contributed by atoms with Gasteiger partial charge in [0.1, 0.15) is 24.0 Å². The molecule has 0 saturated heterocycles. The number of phenolic OH excluding ortho intramolecular Hbond substituents is 1. The molecular formula is C28H25ClN2O4. The van der Waals surface area contributed by atoms with Crippen LogP contribution in [0.1, 0.15) is 23.6 Å². The van der Waals surface area contributed by atoms with E-state index in [-0.39, 0.29) is 17.9 Å². The zero-order valence-electron chi connectivity index (χ0n) is 19.3. The van der Waals surface area contributed by atoms with Crippen LogP contribution in [0.3, 0.4) is 0 Å². The molecule has 0 fully saturated rings. The molecule has 178 valence electrons. The zero-order chi connectivity index (χ0) is 25.2. The number of phenols is 1. The normalized spacial score (nSPS) is 10.8. The first kappa shape index (κ1) is 25.4. The molecule has 3 rings (SSSR count). The number of aromatic hydroxyl groups is 1. The third-order valence-corrected chi connectivity index (χ3v) is 5.32. The highest BCUT2D eigenvalue weighted by molar-refractivity contribution is 6.31. The maximum Gasteiger partial charge on any atom is 0.266 e. The number of carbonyl (C=O) groups is 1. The molecule has 0 aliphatic rings. The van der Waals surface area contributed by atoms with E-state index in [0.29, 0.717) is 40.8 Å². The molecule has 0 spiro atoms. The van der Waals surface area contributed by atoms with E-state index >= 15 is 0 Å². The van der Waals surface area contributed by atoms with Gasteiger partial charge in [-0.1, -0.05) is 35.9 Å². The standard InChI is InChI=1S/C28H25ClN2O4/c1-3-7-20-14-19(15-22(17-30)28(33)31-23-10-12-24(32)13-11-23)16-26(34-4-2)27(20)35-18-21-8-5-6-9-25(21)29/h3,5-6,8-16,32H,1,4,7,18H2,2H3,(H,31,33)/b22-15+. The van der Waals surface area contributed by atoms with Crippen molar-refractivity contribution in [2.24, 2.45) is 0 Å². The van der Waals surface area contributed by atoms with Crippen molar-refractivity contribution < 1.29 is 19.4 Å². The van der Waals surface area contributed by atoms with E-state index in [1.54, 1.807) is 30.3 Å². The van der Waals surface area contributed by atoms with Gasteiger partial charge in [0.2, 0.25) is 0 Å². The summed E-state index contributed by atoms with van der Waals surface area (Å²) in [6, 6.07) is 18.9. The third kappa shape index (κ3) is 6.89. The molecule has 7 heteroatoms. The quantitative estimate of drug-likeness (QED) is 0.151. The van der Waals surface area contributed by atoms with E-state index in [1.807, 2.05) is 37.3 Å². The number of hydrogen-bond donors (Lipinski definition) is 2. The van der Waals surface area contributed by atoms with Crippen molar-refractivity contribution in [1.82, 2.24) is 0 Å². The minimum atomic E-state index is -0.569. The molecule has 35 heavy (non-hydrogen) atoms. The van der Waals surface area contributed by atoms with Crippen molar-refractivity contribution in [3.63, 3.8) is 0 Å². The Morgan fingerprint density at radius 2 is 1.89 bits per heavy atom. The molecule has 0 aliphatic carbocycles. The molecule has 0 saturated carbocycles. The zero-order valence-corrected chi connectivity index (χ0v) is 20.0. The van der Waals surface area contributed by atoms with Gasteiger partial charge in [-0.2, -0.15) is 5.26 Å². The number of carbonyl (C=O) groups excluding carboxylic acids is 1. The van der Waals surface area contributed by atoms with Crippen LogP contribution >= 0.6 is 11.6 Å². The average molecular weight is 489 g/mol. The first-order chi connectivity index (χ1) is 16.9. The summed E-state index contributed by atoms with van der Waals surface area (Å²) in [5.74, 6) is 0.548. The van der Waals surface area contributed by atoms with E-state index in [9.17, 15) is 15.2 Å². The van der Waals surface area contributed by atoms with Crippen LogP contribution < -0.4 is 14.8 Å². The monoisotopic (exact) mass is 488 g/mol. The van der Waals surface area contributed by atoms with E-state index in [0.717, 1.165) is 11.1 Å². The molecule has 1 amide bonds. The van der Waals surface area contributed by atoms with E-state index in [2.05, 4.69) is 11.9 Å². The summed E-state index contributed by atoms with van der Waals surface area (Å²) in [6.45, 7) is 6.33. The summed E-state index contributed by atoms with van der Waals surface area (Å²) in [5.41, 5.74) is 2.60. The maximum atomic E-state index is 12.7. The van der Waals surface area contributed by atoms with Crippen molar-refractivity contribution >= 4 is 29.3 Å². The smallest absolute Gasteiger partial charge is 0.266 e. The van der Waals surface area contributed by atoms with Crippen molar-refractivity contribution in [2.75, 3.05) is 11.9 Å². The molecule has 6 nitrogen and oxygen atoms in total. The van der Waals surface area contributed by atoms with Crippen molar-refractivity contribution in [3.05, 3.63) is 101 Å². The van der Waals surface area contributed by atoms with Crippen molar-refractivity contribution in [2.45, 2.75) is 20.0 Å². The van der Waals surface area contributed by atoms with Gasteiger partial charge in [-0.3, -0.25) is 4.79 Å². The fourth-order valence-corrected chi connectivity index (χ4v) is 3.51. The number of hydrogen-bond acceptors (Lipinski definition) is 5. The molecule has 0 unspecified atom stereocenters.